The highest BCUT2D eigenvalue weighted by atomic mass is 16.5. The minimum Gasteiger partial charge on any atom is -0.478 e. The molecule has 2 rings (SSSR count). The monoisotopic (exact) mass is 264 g/mol. The van der Waals surface area contributed by atoms with E-state index in [0.717, 1.165) is 38.2 Å². The molecule has 0 amide bonds. The summed E-state index contributed by atoms with van der Waals surface area (Å²) in [6.45, 7) is 4.54. The molecule has 1 heterocycles. The van der Waals surface area contributed by atoms with Gasteiger partial charge in [0.25, 0.3) is 0 Å². The van der Waals surface area contributed by atoms with Gasteiger partial charge >= 0.3 is 5.97 Å². The minimum atomic E-state index is -0.951. The van der Waals surface area contributed by atoms with E-state index in [2.05, 4.69) is 4.90 Å². The topological polar surface area (TPSA) is 75.8 Å². The predicted octanol–water partition coefficient (Wildman–Crippen LogP) is 1.97. The lowest BCUT2D eigenvalue weighted by atomic mass is 10.1. The first-order chi connectivity index (χ1) is 9.11. The maximum absolute atomic E-state index is 10.9. The molecule has 0 aromatic heterocycles. The van der Waals surface area contributed by atoms with Crippen LogP contribution in [0.25, 0.3) is 0 Å². The Kier molecular flexibility index (Phi) is 4.27. The normalized spacial score (nSPS) is 16.6. The molecule has 5 nitrogen and oxygen atoms in total. The quantitative estimate of drug-likeness (QED) is 0.813. The van der Waals surface area contributed by atoms with E-state index in [1.54, 1.807) is 12.1 Å². The molecule has 1 aromatic rings. The van der Waals surface area contributed by atoms with E-state index in [1.165, 1.54) is 6.07 Å². The van der Waals surface area contributed by atoms with Gasteiger partial charge in [0, 0.05) is 19.7 Å². The predicted molar refractivity (Wildman–Crippen MR) is 74.7 cm³/mol. The summed E-state index contributed by atoms with van der Waals surface area (Å²) < 4.78 is 5.61. The van der Waals surface area contributed by atoms with Crippen molar-refractivity contribution in [2.45, 2.75) is 25.9 Å². The maximum atomic E-state index is 10.9. The van der Waals surface area contributed by atoms with Gasteiger partial charge in [-0.2, -0.15) is 0 Å². The zero-order valence-electron chi connectivity index (χ0n) is 11.1. The number of ether oxygens (including phenoxy) is 1. The van der Waals surface area contributed by atoms with E-state index < -0.39 is 5.97 Å². The fraction of sp³-hybridized carbons (Fsp3) is 0.500. The summed E-state index contributed by atoms with van der Waals surface area (Å²) in [5, 5.41) is 8.92. The zero-order valence-corrected chi connectivity index (χ0v) is 11.1. The molecular weight excluding hydrogens is 244 g/mol. The van der Waals surface area contributed by atoms with Gasteiger partial charge in [-0.25, -0.2) is 4.79 Å². The molecule has 1 aromatic carbocycles. The summed E-state index contributed by atoms with van der Waals surface area (Å²) in [6.07, 6.45) is 2.29. The lowest BCUT2D eigenvalue weighted by Crippen LogP contribution is -2.37. The number of hydrogen-bond donors (Lipinski definition) is 2. The molecule has 0 saturated carbocycles. The summed E-state index contributed by atoms with van der Waals surface area (Å²) in [4.78, 5) is 13.1. The number of carbonyl (C=O) groups is 1. The van der Waals surface area contributed by atoms with Crippen molar-refractivity contribution in [1.29, 1.82) is 0 Å². The molecule has 0 atom stereocenters. The number of benzene rings is 1. The second kappa shape index (κ2) is 5.93. The molecule has 1 fully saturated rings. The van der Waals surface area contributed by atoms with Crippen LogP contribution in [0.2, 0.25) is 0 Å². The van der Waals surface area contributed by atoms with E-state index in [4.69, 9.17) is 15.6 Å². The van der Waals surface area contributed by atoms with Gasteiger partial charge in [0.15, 0.2) is 0 Å². The fourth-order valence-corrected chi connectivity index (χ4v) is 2.47. The van der Waals surface area contributed by atoms with Gasteiger partial charge in [-0.05, 0) is 38.0 Å². The Hall–Kier alpha value is -1.75. The number of rotatable bonds is 4. The first kappa shape index (κ1) is 13.7. The Morgan fingerprint density at radius 2 is 2.16 bits per heavy atom. The van der Waals surface area contributed by atoms with Crippen LogP contribution in [-0.4, -0.2) is 36.9 Å². The van der Waals surface area contributed by atoms with Gasteiger partial charge in [-0.15, -0.1) is 0 Å². The standard InChI is InChI=1S/C14H20N2O3/c1-2-19-11-5-7-16(8-6-11)13-4-3-10(14(17)18)9-12(13)15/h3-4,9,11H,2,5-8,15H2,1H3,(H,17,18). The second-order valence-corrected chi connectivity index (χ2v) is 4.72. The Bertz CT molecular complexity index is 454. The Morgan fingerprint density at radius 3 is 2.68 bits per heavy atom. The number of carboxylic acid groups (broad SMARTS) is 1. The number of nitrogens with two attached hydrogens (primary N) is 1. The third kappa shape index (κ3) is 3.17. The van der Waals surface area contributed by atoms with Crippen molar-refractivity contribution in [3.63, 3.8) is 0 Å². The molecule has 0 unspecified atom stereocenters. The van der Waals surface area contributed by atoms with Crippen LogP contribution in [0.5, 0.6) is 0 Å². The van der Waals surface area contributed by atoms with Crippen molar-refractivity contribution in [1.82, 2.24) is 0 Å². The highest BCUT2D eigenvalue weighted by Crippen LogP contribution is 2.27. The average molecular weight is 264 g/mol. The van der Waals surface area contributed by atoms with Gasteiger partial charge in [0.2, 0.25) is 0 Å². The Labute approximate surface area is 113 Å². The molecule has 3 N–H and O–H groups in total. The molecule has 104 valence electrons. The van der Waals surface area contributed by atoms with Crippen LogP contribution >= 0.6 is 0 Å². The summed E-state index contributed by atoms with van der Waals surface area (Å²) in [5.74, 6) is -0.951. The molecular formula is C14H20N2O3. The van der Waals surface area contributed by atoms with Gasteiger partial charge < -0.3 is 20.5 Å². The van der Waals surface area contributed by atoms with Crippen LogP contribution in [0.15, 0.2) is 18.2 Å². The molecule has 0 aliphatic carbocycles. The van der Waals surface area contributed by atoms with E-state index in [1.807, 2.05) is 6.92 Å². The number of aromatic carboxylic acids is 1. The number of anilines is 2. The largest absolute Gasteiger partial charge is 0.478 e. The van der Waals surface area contributed by atoms with Crippen LogP contribution in [0.4, 0.5) is 11.4 Å². The van der Waals surface area contributed by atoms with Crippen molar-refractivity contribution in [3.05, 3.63) is 23.8 Å². The Morgan fingerprint density at radius 1 is 1.47 bits per heavy atom. The van der Waals surface area contributed by atoms with E-state index >= 15 is 0 Å². The molecule has 19 heavy (non-hydrogen) atoms. The third-order valence-corrected chi connectivity index (χ3v) is 3.46. The Balaban J connectivity index is 2.05. The summed E-state index contributed by atoms with van der Waals surface area (Å²) >= 11 is 0. The summed E-state index contributed by atoms with van der Waals surface area (Å²) in [5.41, 5.74) is 7.61. The average Bonchev–Trinajstić information content (AvgIpc) is 2.40. The van der Waals surface area contributed by atoms with Crippen molar-refractivity contribution >= 4 is 17.3 Å². The van der Waals surface area contributed by atoms with E-state index in [0.29, 0.717) is 11.8 Å². The van der Waals surface area contributed by atoms with E-state index in [9.17, 15) is 4.79 Å². The van der Waals surface area contributed by atoms with Crippen molar-refractivity contribution in [2.24, 2.45) is 0 Å². The molecule has 1 saturated heterocycles. The fourth-order valence-electron chi connectivity index (χ4n) is 2.47. The van der Waals surface area contributed by atoms with Crippen molar-refractivity contribution in [3.8, 4) is 0 Å². The van der Waals surface area contributed by atoms with Crippen LogP contribution in [0, 0.1) is 0 Å². The van der Waals surface area contributed by atoms with Crippen LogP contribution in [0.3, 0.4) is 0 Å². The first-order valence-electron chi connectivity index (χ1n) is 6.61. The molecule has 0 spiro atoms. The van der Waals surface area contributed by atoms with Crippen molar-refractivity contribution < 1.29 is 14.6 Å². The SMILES string of the molecule is CCOC1CCN(c2ccc(C(=O)O)cc2N)CC1. The molecule has 1 aliphatic rings. The molecule has 0 bridgehead atoms. The van der Waals surface area contributed by atoms with E-state index in [-0.39, 0.29) is 5.56 Å². The highest BCUT2D eigenvalue weighted by Gasteiger charge is 2.21. The minimum absolute atomic E-state index is 0.227. The zero-order chi connectivity index (χ0) is 13.8. The number of hydrogen-bond acceptors (Lipinski definition) is 4. The number of carboxylic acids is 1. The second-order valence-electron chi connectivity index (χ2n) is 4.72. The van der Waals surface area contributed by atoms with Gasteiger partial charge in [0.05, 0.1) is 23.0 Å². The molecule has 5 heteroatoms. The number of piperidine rings is 1. The lowest BCUT2D eigenvalue weighted by Gasteiger charge is -2.34. The molecule has 0 radical (unpaired) electrons. The number of nitrogens with zero attached hydrogens (tertiary/aromatic N) is 1. The summed E-state index contributed by atoms with van der Waals surface area (Å²) in [6, 6.07) is 4.91. The van der Waals surface area contributed by atoms with Crippen LogP contribution in [-0.2, 0) is 4.74 Å². The van der Waals surface area contributed by atoms with Gasteiger partial charge in [-0.3, -0.25) is 0 Å². The number of nitrogen functional groups attached to an aromatic ring is 1. The van der Waals surface area contributed by atoms with Gasteiger partial charge in [-0.1, -0.05) is 0 Å². The maximum Gasteiger partial charge on any atom is 0.335 e. The smallest absolute Gasteiger partial charge is 0.335 e. The van der Waals surface area contributed by atoms with Crippen molar-refractivity contribution in [2.75, 3.05) is 30.3 Å². The van der Waals surface area contributed by atoms with Crippen LogP contribution < -0.4 is 10.6 Å². The molecule has 1 aliphatic heterocycles. The van der Waals surface area contributed by atoms with Crippen LogP contribution in [0.1, 0.15) is 30.1 Å². The highest BCUT2D eigenvalue weighted by molar-refractivity contribution is 5.90. The third-order valence-electron chi connectivity index (χ3n) is 3.46. The lowest BCUT2D eigenvalue weighted by molar-refractivity contribution is 0.0459. The van der Waals surface area contributed by atoms with Gasteiger partial charge in [0.1, 0.15) is 0 Å². The first-order valence-corrected chi connectivity index (χ1v) is 6.61. The summed E-state index contributed by atoms with van der Waals surface area (Å²) in [7, 11) is 0.